The van der Waals surface area contributed by atoms with Crippen molar-refractivity contribution >= 4 is 0 Å². The van der Waals surface area contributed by atoms with Gasteiger partial charge in [-0.05, 0) is 52.5 Å². The van der Waals surface area contributed by atoms with Crippen LogP contribution in [-0.4, -0.2) is 35.6 Å². The SMILES string of the molecule is CCC1(CN2[C@H](C)CCC[C@@H]2C)CCCN1. The van der Waals surface area contributed by atoms with Crippen LogP contribution in [0.25, 0.3) is 0 Å². The predicted octanol–water partition coefficient (Wildman–Crippen LogP) is 2.78. The number of rotatable bonds is 3. The Hall–Kier alpha value is -0.0800. The van der Waals surface area contributed by atoms with Crippen LogP contribution in [0.5, 0.6) is 0 Å². The van der Waals surface area contributed by atoms with E-state index in [0.29, 0.717) is 5.54 Å². The lowest BCUT2D eigenvalue weighted by molar-refractivity contribution is 0.0682. The zero-order valence-electron chi connectivity index (χ0n) is 11.3. The van der Waals surface area contributed by atoms with Crippen LogP contribution in [-0.2, 0) is 0 Å². The maximum Gasteiger partial charge on any atom is 0.0306 e. The van der Waals surface area contributed by atoms with Gasteiger partial charge < -0.3 is 5.32 Å². The highest BCUT2D eigenvalue weighted by Gasteiger charge is 2.36. The van der Waals surface area contributed by atoms with Crippen LogP contribution in [0.4, 0.5) is 0 Å². The Morgan fingerprint density at radius 1 is 1.19 bits per heavy atom. The minimum absolute atomic E-state index is 0.430. The summed E-state index contributed by atoms with van der Waals surface area (Å²) >= 11 is 0. The van der Waals surface area contributed by atoms with Crippen LogP contribution in [0, 0.1) is 0 Å². The molecule has 2 rings (SSSR count). The van der Waals surface area contributed by atoms with Crippen molar-refractivity contribution in [3.05, 3.63) is 0 Å². The minimum Gasteiger partial charge on any atom is -0.310 e. The van der Waals surface area contributed by atoms with Gasteiger partial charge in [0.25, 0.3) is 0 Å². The Morgan fingerprint density at radius 3 is 2.38 bits per heavy atom. The van der Waals surface area contributed by atoms with Crippen molar-refractivity contribution in [2.45, 2.75) is 76.9 Å². The number of hydrogen-bond acceptors (Lipinski definition) is 2. The fraction of sp³-hybridized carbons (Fsp3) is 1.00. The van der Waals surface area contributed by atoms with Crippen molar-refractivity contribution in [1.29, 1.82) is 0 Å². The number of nitrogens with one attached hydrogen (secondary N) is 1. The molecule has 0 amide bonds. The fourth-order valence-corrected chi connectivity index (χ4v) is 3.55. The Labute approximate surface area is 101 Å². The molecule has 2 nitrogen and oxygen atoms in total. The highest BCUT2D eigenvalue weighted by molar-refractivity contribution is 4.97. The van der Waals surface area contributed by atoms with E-state index in [1.54, 1.807) is 0 Å². The lowest BCUT2D eigenvalue weighted by Crippen LogP contribution is -2.55. The molecule has 0 aromatic carbocycles. The van der Waals surface area contributed by atoms with E-state index in [1.807, 2.05) is 0 Å². The standard InChI is InChI=1S/C14H28N2/c1-4-14(9-6-10-15-14)11-16-12(2)7-5-8-13(16)3/h12-13,15H,4-11H2,1-3H3/t12-,13+,14?. The molecule has 2 heteroatoms. The molecule has 0 spiro atoms. The molecule has 16 heavy (non-hydrogen) atoms. The van der Waals surface area contributed by atoms with E-state index < -0.39 is 0 Å². The average molecular weight is 224 g/mol. The highest BCUT2D eigenvalue weighted by atomic mass is 15.2. The smallest absolute Gasteiger partial charge is 0.0306 e. The average Bonchev–Trinajstić information content (AvgIpc) is 2.73. The molecule has 0 aliphatic carbocycles. The molecule has 1 N–H and O–H groups in total. The number of nitrogens with zero attached hydrogens (tertiary/aromatic N) is 1. The second-order valence-corrected chi connectivity index (χ2v) is 5.97. The van der Waals surface area contributed by atoms with Gasteiger partial charge in [-0.15, -0.1) is 0 Å². The molecule has 0 bridgehead atoms. The quantitative estimate of drug-likeness (QED) is 0.793. The third-order valence-electron chi connectivity index (χ3n) is 4.87. The molecule has 2 fully saturated rings. The Kier molecular flexibility index (Phi) is 3.91. The summed E-state index contributed by atoms with van der Waals surface area (Å²) in [4.78, 5) is 2.76. The second-order valence-electron chi connectivity index (χ2n) is 5.97. The van der Waals surface area contributed by atoms with Crippen molar-refractivity contribution in [2.75, 3.05) is 13.1 Å². The van der Waals surface area contributed by atoms with Gasteiger partial charge in [-0.2, -0.15) is 0 Å². The molecule has 0 aromatic rings. The summed E-state index contributed by atoms with van der Waals surface area (Å²) in [7, 11) is 0. The van der Waals surface area contributed by atoms with Gasteiger partial charge in [-0.3, -0.25) is 4.90 Å². The third-order valence-corrected chi connectivity index (χ3v) is 4.87. The minimum atomic E-state index is 0.430. The van der Waals surface area contributed by atoms with Crippen LogP contribution >= 0.6 is 0 Å². The van der Waals surface area contributed by atoms with Crippen molar-refractivity contribution in [3.8, 4) is 0 Å². The van der Waals surface area contributed by atoms with Gasteiger partial charge in [-0.25, -0.2) is 0 Å². The Morgan fingerprint density at radius 2 is 1.88 bits per heavy atom. The van der Waals surface area contributed by atoms with Crippen LogP contribution in [0.3, 0.4) is 0 Å². The maximum absolute atomic E-state index is 3.77. The Balaban J connectivity index is 2.00. The molecule has 94 valence electrons. The summed E-state index contributed by atoms with van der Waals surface area (Å²) in [6, 6.07) is 1.57. The van der Waals surface area contributed by atoms with Crippen molar-refractivity contribution in [1.82, 2.24) is 10.2 Å². The topological polar surface area (TPSA) is 15.3 Å². The molecule has 3 atom stereocenters. The van der Waals surface area contributed by atoms with Gasteiger partial charge in [-0.1, -0.05) is 13.3 Å². The van der Waals surface area contributed by atoms with E-state index in [2.05, 4.69) is 31.0 Å². The van der Waals surface area contributed by atoms with E-state index in [4.69, 9.17) is 0 Å². The van der Waals surface area contributed by atoms with Crippen molar-refractivity contribution < 1.29 is 0 Å². The molecule has 2 saturated heterocycles. The van der Waals surface area contributed by atoms with Crippen LogP contribution in [0.1, 0.15) is 59.3 Å². The Bertz CT molecular complexity index is 211. The van der Waals surface area contributed by atoms with Gasteiger partial charge in [0.15, 0.2) is 0 Å². The highest BCUT2D eigenvalue weighted by Crippen LogP contribution is 2.29. The molecule has 2 aliphatic rings. The van der Waals surface area contributed by atoms with E-state index in [0.717, 1.165) is 12.1 Å². The largest absolute Gasteiger partial charge is 0.310 e. The number of hydrogen-bond donors (Lipinski definition) is 1. The summed E-state index contributed by atoms with van der Waals surface area (Å²) in [6.07, 6.45) is 8.23. The van der Waals surface area contributed by atoms with Crippen molar-refractivity contribution in [3.63, 3.8) is 0 Å². The third kappa shape index (κ3) is 2.43. The molecule has 0 saturated carbocycles. The van der Waals surface area contributed by atoms with Gasteiger partial charge in [0.2, 0.25) is 0 Å². The zero-order chi connectivity index (χ0) is 11.6. The number of piperidine rings is 1. The van der Waals surface area contributed by atoms with Gasteiger partial charge >= 0.3 is 0 Å². The first-order chi connectivity index (χ1) is 7.67. The molecule has 2 aliphatic heterocycles. The first kappa shape index (κ1) is 12.4. The maximum atomic E-state index is 3.77. The summed E-state index contributed by atoms with van der Waals surface area (Å²) in [5.74, 6) is 0. The van der Waals surface area contributed by atoms with Gasteiger partial charge in [0, 0.05) is 24.2 Å². The van der Waals surface area contributed by atoms with E-state index >= 15 is 0 Å². The monoisotopic (exact) mass is 224 g/mol. The van der Waals surface area contributed by atoms with Crippen LogP contribution in [0.15, 0.2) is 0 Å². The lowest BCUT2D eigenvalue weighted by atomic mass is 9.89. The lowest BCUT2D eigenvalue weighted by Gasteiger charge is -2.44. The molecule has 0 radical (unpaired) electrons. The van der Waals surface area contributed by atoms with Crippen molar-refractivity contribution in [2.24, 2.45) is 0 Å². The van der Waals surface area contributed by atoms with Crippen LogP contribution < -0.4 is 5.32 Å². The molecule has 0 aromatic heterocycles. The molecular weight excluding hydrogens is 196 g/mol. The normalized spacial score (nSPS) is 41.4. The predicted molar refractivity (Wildman–Crippen MR) is 69.7 cm³/mol. The molecule has 2 heterocycles. The fourth-order valence-electron chi connectivity index (χ4n) is 3.55. The summed E-state index contributed by atoms with van der Waals surface area (Å²) in [6.45, 7) is 9.66. The van der Waals surface area contributed by atoms with Gasteiger partial charge in [0.1, 0.15) is 0 Å². The second kappa shape index (κ2) is 5.05. The summed E-state index contributed by atoms with van der Waals surface area (Å²) < 4.78 is 0. The first-order valence-corrected chi connectivity index (χ1v) is 7.18. The number of likely N-dealkylation sites (tertiary alicyclic amines) is 1. The van der Waals surface area contributed by atoms with Gasteiger partial charge in [0.05, 0.1) is 0 Å². The summed E-state index contributed by atoms with van der Waals surface area (Å²) in [5, 5.41) is 3.77. The first-order valence-electron chi connectivity index (χ1n) is 7.18. The summed E-state index contributed by atoms with van der Waals surface area (Å²) in [5.41, 5.74) is 0.430. The zero-order valence-corrected chi connectivity index (χ0v) is 11.3. The van der Waals surface area contributed by atoms with E-state index in [1.165, 1.54) is 51.6 Å². The van der Waals surface area contributed by atoms with Crippen LogP contribution in [0.2, 0.25) is 0 Å². The van der Waals surface area contributed by atoms with E-state index in [-0.39, 0.29) is 0 Å². The molecule has 1 unspecified atom stereocenters. The molecular formula is C14H28N2. The van der Waals surface area contributed by atoms with E-state index in [9.17, 15) is 0 Å².